The van der Waals surface area contributed by atoms with Crippen LogP contribution in [0.25, 0.3) is 0 Å². The van der Waals surface area contributed by atoms with Gasteiger partial charge in [0.25, 0.3) is 0 Å². The second kappa shape index (κ2) is 5.80. The number of alkyl halides is 3. The van der Waals surface area contributed by atoms with E-state index in [4.69, 9.17) is 11.5 Å². The Kier molecular flexibility index (Phi) is 4.41. The maximum Gasteiger partial charge on any atom is 0.416 e. The fourth-order valence-corrected chi connectivity index (χ4v) is 0.949. The maximum atomic E-state index is 11.8. The van der Waals surface area contributed by atoms with Gasteiger partial charge in [0.2, 0.25) is 11.9 Å². The highest BCUT2D eigenvalue weighted by Crippen LogP contribution is 2.28. The molecule has 0 bridgehead atoms. The first kappa shape index (κ1) is 13.7. The zero-order valence-corrected chi connectivity index (χ0v) is 9.09. The van der Waals surface area contributed by atoms with Gasteiger partial charge in [0.05, 0.1) is 5.56 Å². The zero-order chi connectivity index (χ0) is 13.6. The van der Waals surface area contributed by atoms with E-state index in [0.717, 1.165) is 12.1 Å². The van der Waals surface area contributed by atoms with E-state index in [-0.39, 0.29) is 11.9 Å². The number of halogens is 3. The Bertz CT molecular complexity index is 469. The summed E-state index contributed by atoms with van der Waals surface area (Å²) in [5.74, 6) is 0.301. The highest BCUT2D eigenvalue weighted by molar-refractivity contribution is 5.22. The molecule has 0 amide bonds. The Labute approximate surface area is 101 Å². The molecular formula is C10H10F3N5. The zero-order valence-electron chi connectivity index (χ0n) is 9.09. The number of hydrogen-bond donors (Lipinski definition) is 2. The SMILES string of the molecule is FC(F)(F)c1ccccc1.Nc1ncnc(N)n1. The number of aromatic nitrogens is 3. The molecule has 0 aliphatic carbocycles. The van der Waals surface area contributed by atoms with E-state index in [1.54, 1.807) is 6.07 Å². The third-order valence-electron chi connectivity index (χ3n) is 1.71. The van der Waals surface area contributed by atoms with Crippen LogP contribution in [0.3, 0.4) is 0 Å². The van der Waals surface area contributed by atoms with Crippen molar-refractivity contribution in [1.29, 1.82) is 0 Å². The number of benzene rings is 1. The monoisotopic (exact) mass is 257 g/mol. The van der Waals surface area contributed by atoms with Crippen LogP contribution in [0.2, 0.25) is 0 Å². The number of nitrogens with zero attached hydrogens (tertiary/aromatic N) is 3. The van der Waals surface area contributed by atoms with Crippen LogP contribution in [0.15, 0.2) is 36.7 Å². The van der Waals surface area contributed by atoms with Crippen molar-refractivity contribution in [1.82, 2.24) is 15.0 Å². The van der Waals surface area contributed by atoms with Crippen LogP contribution in [-0.2, 0) is 6.18 Å². The summed E-state index contributed by atoms with van der Waals surface area (Å²) in [7, 11) is 0. The molecule has 18 heavy (non-hydrogen) atoms. The topological polar surface area (TPSA) is 90.7 Å². The van der Waals surface area contributed by atoms with Gasteiger partial charge in [-0.05, 0) is 0 Å². The fourth-order valence-electron chi connectivity index (χ4n) is 0.949. The van der Waals surface area contributed by atoms with Crippen molar-refractivity contribution in [3.05, 3.63) is 42.2 Å². The number of hydrogen-bond acceptors (Lipinski definition) is 5. The van der Waals surface area contributed by atoms with E-state index in [9.17, 15) is 13.2 Å². The largest absolute Gasteiger partial charge is 0.416 e. The average molecular weight is 257 g/mol. The Balaban J connectivity index is 0.000000184. The molecule has 0 radical (unpaired) electrons. The summed E-state index contributed by atoms with van der Waals surface area (Å²) in [6, 6.07) is 6.36. The van der Waals surface area contributed by atoms with Gasteiger partial charge < -0.3 is 11.5 Å². The van der Waals surface area contributed by atoms with Crippen molar-refractivity contribution in [2.45, 2.75) is 6.18 Å². The van der Waals surface area contributed by atoms with Crippen LogP contribution in [0.4, 0.5) is 25.1 Å². The van der Waals surface area contributed by atoms with Crippen molar-refractivity contribution in [2.75, 3.05) is 11.5 Å². The first-order valence-electron chi connectivity index (χ1n) is 4.72. The molecule has 2 aromatic rings. The molecule has 0 aliphatic heterocycles. The summed E-state index contributed by atoms with van der Waals surface area (Å²) in [5, 5.41) is 0. The predicted molar refractivity (Wildman–Crippen MR) is 60.1 cm³/mol. The second-order valence-corrected chi connectivity index (χ2v) is 3.07. The van der Waals surface area contributed by atoms with Gasteiger partial charge in [-0.2, -0.15) is 18.2 Å². The molecule has 96 valence electrons. The minimum Gasteiger partial charge on any atom is -0.368 e. The summed E-state index contributed by atoms with van der Waals surface area (Å²) in [5.41, 5.74) is 9.63. The lowest BCUT2D eigenvalue weighted by molar-refractivity contribution is -0.137. The van der Waals surface area contributed by atoms with E-state index in [1.165, 1.54) is 18.5 Å². The van der Waals surface area contributed by atoms with Crippen LogP contribution >= 0.6 is 0 Å². The van der Waals surface area contributed by atoms with E-state index < -0.39 is 11.7 Å². The van der Waals surface area contributed by atoms with Crippen LogP contribution in [-0.4, -0.2) is 15.0 Å². The summed E-state index contributed by atoms with van der Waals surface area (Å²) in [6.45, 7) is 0. The highest BCUT2D eigenvalue weighted by atomic mass is 19.4. The van der Waals surface area contributed by atoms with Gasteiger partial charge in [0, 0.05) is 0 Å². The van der Waals surface area contributed by atoms with Gasteiger partial charge >= 0.3 is 6.18 Å². The molecule has 0 saturated carbocycles. The minimum atomic E-state index is -4.21. The third-order valence-corrected chi connectivity index (χ3v) is 1.71. The summed E-state index contributed by atoms with van der Waals surface area (Å²) in [6.07, 6.45) is -2.95. The smallest absolute Gasteiger partial charge is 0.368 e. The molecule has 0 spiro atoms. The van der Waals surface area contributed by atoms with Gasteiger partial charge in [0.15, 0.2) is 0 Å². The first-order valence-corrected chi connectivity index (χ1v) is 4.72. The van der Waals surface area contributed by atoms with Crippen molar-refractivity contribution >= 4 is 11.9 Å². The van der Waals surface area contributed by atoms with Crippen LogP contribution in [0.5, 0.6) is 0 Å². The molecule has 1 aromatic heterocycles. The fraction of sp³-hybridized carbons (Fsp3) is 0.100. The molecule has 8 heteroatoms. The summed E-state index contributed by atoms with van der Waals surface area (Å²) >= 11 is 0. The molecule has 0 unspecified atom stereocenters. The van der Waals surface area contributed by atoms with Gasteiger partial charge in [-0.3, -0.25) is 0 Å². The summed E-state index contributed by atoms with van der Waals surface area (Å²) < 4.78 is 35.4. The lowest BCUT2D eigenvalue weighted by Gasteiger charge is -2.03. The number of rotatable bonds is 0. The van der Waals surface area contributed by atoms with E-state index in [1.807, 2.05) is 0 Å². The lowest BCUT2D eigenvalue weighted by Crippen LogP contribution is -2.03. The highest BCUT2D eigenvalue weighted by Gasteiger charge is 2.29. The van der Waals surface area contributed by atoms with Crippen LogP contribution in [0.1, 0.15) is 5.56 Å². The number of anilines is 2. The van der Waals surface area contributed by atoms with Crippen molar-refractivity contribution in [2.24, 2.45) is 0 Å². The molecular weight excluding hydrogens is 247 g/mol. The average Bonchev–Trinajstić information content (AvgIpc) is 2.29. The second-order valence-electron chi connectivity index (χ2n) is 3.07. The molecule has 0 atom stereocenters. The normalized spacial score (nSPS) is 10.4. The predicted octanol–water partition coefficient (Wildman–Crippen LogP) is 1.74. The van der Waals surface area contributed by atoms with Gasteiger partial charge in [-0.1, -0.05) is 30.3 Å². The molecule has 0 fully saturated rings. The first-order chi connectivity index (χ1) is 8.39. The van der Waals surface area contributed by atoms with Crippen molar-refractivity contribution < 1.29 is 13.2 Å². The maximum absolute atomic E-state index is 11.8. The molecule has 1 aromatic carbocycles. The van der Waals surface area contributed by atoms with E-state index >= 15 is 0 Å². The van der Waals surface area contributed by atoms with E-state index in [0.29, 0.717) is 0 Å². The standard InChI is InChI=1S/C7H5F3.C3H5N5/c8-7(9,10)6-4-2-1-3-5-6;4-2-6-1-7-3(5)8-2/h1-5H;1H,(H4,4,5,6,7,8). The third kappa shape index (κ3) is 4.64. The van der Waals surface area contributed by atoms with Crippen LogP contribution < -0.4 is 11.5 Å². The Hall–Kier alpha value is -2.38. The Morgan fingerprint density at radius 3 is 1.67 bits per heavy atom. The van der Waals surface area contributed by atoms with Gasteiger partial charge in [0.1, 0.15) is 6.33 Å². The van der Waals surface area contributed by atoms with Crippen molar-refractivity contribution in [3.63, 3.8) is 0 Å². The summed E-state index contributed by atoms with van der Waals surface area (Å²) in [4.78, 5) is 10.5. The number of nitrogen functional groups attached to an aromatic ring is 2. The lowest BCUT2D eigenvalue weighted by atomic mass is 10.2. The minimum absolute atomic E-state index is 0.150. The molecule has 1 heterocycles. The van der Waals surface area contributed by atoms with E-state index in [2.05, 4.69) is 15.0 Å². The quantitative estimate of drug-likeness (QED) is 0.750. The molecule has 4 N–H and O–H groups in total. The van der Waals surface area contributed by atoms with Gasteiger partial charge in [-0.15, -0.1) is 0 Å². The van der Waals surface area contributed by atoms with Crippen LogP contribution in [0, 0.1) is 0 Å². The van der Waals surface area contributed by atoms with Gasteiger partial charge in [-0.25, -0.2) is 9.97 Å². The molecule has 5 nitrogen and oxygen atoms in total. The Morgan fingerprint density at radius 2 is 1.39 bits per heavy atom. The van der Waals surface area contributed by atoms with Crippen molar-refractivity contribution in [3.8, 4) is 0 Å². The molecule has 0 saturated heterocycles. The Morgan fingerprint density at radius 1 is 0.889 bits per heavy atom. The number of nitrogens with two attached hydrogens (primary N) is 2. The molecule has 2 rings (SSSR count). The molecule has 0 aliphatic rings.